The lowest BCUT2D eigenvalue weighted by Crippen LogP contribution is -2.24. The minimum Gasteiger partial charge on any atom is -0.467 e. The van der Waals surface area contributed by atoms with Crippen LogP contribution in [-0.2, 0) is 24.2 Å². The summed E-state index contributed by atoms with van der Waals surface area (Å²) in [6.45, 7) is 2.31. The van der Waals surface area contributed by atoms with Crippen LogP contribution in [0.25, 0.3) is 0 Å². The van der Waals surface area contributed by atoms with E-state index in [2.05, 4.69) is 20.8 Å². The second-order valence-electron chi connectivity index (χ2n) is 6.48. The maximum Gasteiger partial charge on any atom is 0.251 e. The second kappa shape index (κ2) is 8.56. The number of carbonyl (C=O) groups is 2. The molecule has 0 bridgehead atoms. The van der Waals surface area contributed by atoms with Gasteiger partial charge < -0.3 is 20.8 Å². The molecule has 0 spiro atoms. The molecule has 0 fully saturated rings. The average Bonchev–Trinajstić information content (AvgIpc) is 3.44. The summed E-state index contributed by atoms with van der Waals surface area (Å²) >= 11 is 4.14. The fourth-order valence-corrected chi connectivity index (χ4v) is 6.27. The van der Waals surface area contributed by atoms with Crippen molar-refractivity contribution in [2.75, 3.05) is 10.6 Å². The monoisotopic (exact) mass is 449 g/mol. The van der Waals surface area contributed by atoms with Gasteiger partial charge in [0.1, 0.15) is 10.8 Å². The highest BCUT2D eigenvalue weighted by molar-refractivity contribution is 8.02. The molecule has 11 heteroatoms. The molecule has 0 unspecified atom stereocenters. The van der Waals surface area contributed by atoms with E-state index in [-0.39, 0.29) is 5.91 Å². The molecule has 0 saturated heterocycles. The maximum absolute atomic E-state index is 12.7. The minimum atomic E-state index is -0.489. The van der Waals surface area contributed by atoms with Gasteiger partial charge in [-0.1, -0.05) is 23.1 Å². The van der Waals surface area contributed by atoms with Gasteiger partial charge in [0, 0.05) is 4.88 Å². The molecule has 3 aromatic heterocycles. The highest BCUT2D eigenvalue weighted by Crippen LogP contribution is 2.39. The number of aromatic nitrogens is 2. The van der Waals surface area contributed by atoms with Crippen LogP contribution in [0.2, 0.25) is 0 Å². The predicted molar refractivity (Wildman–Crippen MR) is 115 cm³/mol. The molecular weight excluding hydrogens is 430 g/mol. The summed E-state index contributed by atoms with van der Waals surface area (Å²) in [6, 6.07) is 3.70. The van der Waals surface area contributed by atoms with Crippen molar-refractivity contribution in [3.05, 3.63) is 40.2 Å². The number of thiophene rings is 1. The van der Waals surface area contributed by atoms with Crippen molar-refractivity contribution in [3.63, 3.8) is 0 Å². The Labute approximate surface area is 179 Å². The number of nitrogens with zero attached hydrogens (tertiary/aromatic N) is 2. The quantitative estimate of drug-likeness (QED) is 0.450. The molecule has 0 aliphatic heterocycles. The Bertz CT molecular complexity index is 1030. The van der Waals surface area contributed by atoms with Gasteiger partial charge in [-0.2, -0.15) is 0 Å². The van der Waals surface area contributed by atoms with Gasteiger partial charge in [-0.3, -0.25) is 9.59 Å². The third-order valence-electron chi connectivity index (χ3n) is 4.45. The van der Waals surface area contributed by atoms with Gasteiger partial charge in [-0.05, 0) is 43.9 Å². The summed E-state index contributed by atoms with van der Waals surface area (Å²) in [5.41, 5.74) is 7.02. The van der Waals surface area contributed by atoms with Crippen LogP contribution in [0.5, 0.6) is 0 Å². The van der Waals surface area contributed by atoms with Crippen LogP contribution in [0, 0.1) is 0 Å². The Morgan fingerprint density at radius 3 is 2.97 bits per heavy atom. The molecule has 4 rings (SSSR count). The minimum absolute atomic E-state index is 0.197. The van der Waals surface area contributed by atoms with E-state index in [0.717, 1.165) is 35.5 Å². The van der Waals surface area contributed by atoms with E-state index < -0.39 is 11.2 Å². The van der Waals surface area contributed by atoms with Crippen molar-refractivity contribution in [3.8, 4) is 0 Å². The first-order valence-electron chi connectivity index (χ1n) is 9.03. The van der Waals surface area contributed by atoms with Crippen LogP contribution >= 0.6 is 34.4 Å². The molecule has 1 aliphatic rings. The van der Waals surface area contributed by atoms with E-state index in [4.69, 9.17) is 10.2 Å². The normalized spacial score (nSPS) is 13.8. The standard InChI is InChI=1S/C18H19N5O3S3/c1-9(27-18-23-22-17(29-18)20-8-10-4-3-7-26-10)15(25)21-16-13(14(19)24)11-5-2-6-12(11)28-16/h3-4,7,9H,2,5-6,8H2,1H3,(H2,19,24)(H,20,22)(H,21,25)/t9-/m0/s1. The Kier molecular flexibility index (Phi) is 5.88. The fourth-order valence-electron chi connectivity index (χ4n) is 3.08. The molecule has 2 amide bonds. The zero-order chi connectivity index (χ0) is 20.4. The molecule has 3 aromatic rings. The van der Waals surface area contributed by atoms with Gasteiger partial charge in [0.25, 0.3) is 5.91 Å². The summed E-state index contributed by atoms with van der Waals surface area (Å²) < 4.78 is 5.95. The summed E-state index contributed by atoms with van der Waals surface area (Å²) in [5, 5.41) is 15.0. The van der Waals surface area contributed by atoms with Crippen molar-refractivity contribution in [2.24, 2.45) is 5.73 Å². The van der Waals surface area contributed by atoms with Crippen LogP contribution in [0.4, 0.5) is 10.1 Å². The first-order valence-corrected chi connectivity index (χ1v) is 11.5. The topological polar surface area (TPSA) is 123 Å². The van der Waals surface area contributed by atoms with Gasteiger partial charge in [-0.15, -0.1) is 21.5 Å². The Balaban J connectivity index is 1.36. The second-order valence-corrected chi connectivity index (χ2v) is 10.2. The predicted octanol–water partition coefficient (Wildman–Crippen LogP) is 3.51. The summed E-state index contributed by atoms with van der Waals surface area (Å²) in [5.74, 6) is 0.115. The summed E-state index contributed by atoms with van der Waals surface area (Å²) in [6.07, 6.45) is 4.40. The lowest BCUT2D eigenvalue weighted by molar-refractivity contribution is -0.115. The van der Waals surface area contributed by atoms with Gasteiger partial charge >= 0.3 is 0 Å². The van der Waals surface area contributed by atoms with E-state index in [9.17, 15) is 9.59 Å². The molecular formula is C18H19N5O3S3. The smallest absolute Gasteiger partial charge is 0.251 e. The molecule has 8 nitrogen and oxygen atoms in total. The molecule has 0 saturated carbocycles. The van der Waals surface area contributed by atoms with E-state index in [0.29, 0.717) is 26.6 Å². The van der Waals surface area contributed by atoms with Crippen molar-refractivity contribution in [1.82, 2.24) is 10.2 Å². The highest BCUT2D eigenvalue weighted by Gasteiger charge is 2.27. The van der Waals surface area contributed by atoms with Crippen LogP contribution in [0.1, 0.15) is 39.9 Å². The number of hydrogen-bond acceptors (Lipinski definition) is 9. The molecule has 1 atom stereocenters. The molecule has 0 radical (unpaired) electrons. The zero-order valence-electron chi connectivity index (χ0n) is 15.6. The van der Waals surface area contributed by atoms with Crippen LogP contribution in [-0.4, -0.2) is 27.3 Å². The maximum atomic E-state index is 12.7. The fraction of sp³-hybridized carbons (Fsp3) is 0.333. The number of carbonyl (C=O) groups excluding carboxylic acids is 2. The average molecular weight is 450 g/mol. The number of hydrogen-bond donors (Lipinski definition) is 3. The number of rotatable bonds is 8. The third-order valence-corrected chi connectivity index (χ3v) is 7.72. The lowest BCUT2D eigenvalue weighted by Gasteiger charge is -2.10. The first-order chi connectivity index (χ1) is 14.0. The highest BCUT2D eigenvalue weighted by atomic mass is 32.2. The number of aryl methyl sites for hydroxylation is 1. The summed E-state index contributed by atoms with van der Waals surface area (Å²) in [4.78, 5) is 25.7. The van der Waals surface area contributed by atoms with Gasteiger partial charge in [0.2, 0.25) is 11.0 Å². The number of nitrogens with two attached hydrogens (primary N) is 1. The van der Waals surface area contributed by atoms with Crippen molar-refractivity contribution < 1.29 is 14.0 Å². The van der Waals surface area contributed by atoms with E-state index >= 15 is 0 Å². The molecule has 3 heterocycles. The molecule has 1 aliphatic carbocycles. The van der Waals surface area contributed by atoms with E-state index in [1.54, 1.807) is 13.2 Å². The molecule has 4 N–H and O–H groups in total. The Hall–Kier alpha value is -2.37. The Morgan fingerprint density at radius 2 is 2.21 bits per heavy atom. The number of fused-ring (bicyclic) bond motifs is 1. The van der Waals surface area contributed by atoms with Gasteiger partial charge in [-0.25, -0.2) is 0 Å². The number of primary amides is 1. The van der Waals surface area contributed by atoms with Gasteiger partial charge in [0.05, 0.1) is 23.6 Å². The number of thioether (sulfide) groups is 1. The molecule has 0 aromatic carbocycles. The number of amides is 2. The van der Waals surface area contributed by atoms with E-state index in [1.165, 1.54) is 34.4 Å². The summed E-state index contributed by atoms with van der Waals surface area (Å²) in [7, 11) is 0. The molecule has 152 valence electrons. The lowest BCUT2D eigenvalue weighted by atomic mass is 10.1. The Morgan fingerprint density at radius 1 is 1.34 bits per heavy atom. The van der Waals surface area contributed by atoms with Gasteiger partial charge in [0.15, 0.2) is 4.34 Å². The van der Waals surface area contributed by atoms with E-state index in [1.807, 2.05) is 12.1 Å². The van der Waals surface area contributed by atoms with Crippen molar-refractivity contribution in [2.45, 2.75) is 42.3 Å². The van der Waals surface area contributed by atoms with Crippen molar-refractivity contribution in [1.29, 1.82) is 0 Å². The van der Waals surface area contributed by atoms with Crippen LogP contribution in [0.3, 0.4) is 0 Å². The number of anilines is 2. The first kappa shape index (κ1) is 19.9. The molecule has 29 heavy (non-hydrogen) atoms. The van der Waals surface area contributed by atoms with Crippen LogP contribution in [0.15, 0.2) is 27.2 Å². The number of furan rings is 1. The zero-order valence-corrected chi connectivity index (χ0v) is 18.0. The largest absolute Gasteiger partial charge is 0.467 e. The third kappa shape index (κ3) is 4.46. The number of nitrogens with one attached hydrogen (secondary N) is 2. The van der Waals surface area contributed by atoms with Crippen LogP contribution < -0.4 is 16.4 Å². The van der Waals surface area contributed by atoms with Crippen molar-refractivity contribution >= 4 is 56.4 Å². The SMILES string of the molecule is C[C@H](Sc1nnc(NCc2ccco2)s1)C(=O)Nc1sc2c(c1C(N)=O)CCC2.